The van der Waals surface area contributed by atoms with E-state index in [4.69, 9.17) is 0 Å². The molecule has 0 spiro atoms. The molecule has 0 aromatic carbocycles. The van der Waals surface area contributed by atoms with Crippen LogP contribution < -0.4 is 0 Å². The highest BCUT2D eigenvalue weighted by Gasteiger charge is 2.32. The minimum atomic E-state index is -0.489. The van der Waals surface area contributed by atoms with Gasteiger partial charge in [-0.1, -0.05) is 12.8 Å². The van der Waals surface area contributed by atoms with Gasteiger partial charge in [0.2, 0.25) is 0 Å². The molecule has 0 atom stereocenters. The molecule has 2 aromatic rings. The molecule has 1 saturated carbocycles. The second kappa shape index (κ2) is 4.90. The monoisotopic (exact) mass is 260 g/mol. The third-order valence-corrected chi connectivity index (χ3v) is 3.92. The molecule has 1 fully saturated rings. The average Bonchev–Trinajstić information content (AvgIpc) is 2.97. The highest BCUT2D eigenvalue weighted by Crippen LogP contribution is 2.30. The van der Waals surface area contributed by atoms with E-state index in [0.29, 0.717) is 0 Å². The smallest absolute Gasteiger partial charge is 0.155 e. The molecular formula is C14H20N4O. The Morgan fingerprint density at radius 2 is 2.16 bits per heavy atom. The Morgan fingerprint density at radius 1 is 1.37 bits per heavy atom. The Labute approximate surface area is 112 Å². The number of aliphatic hydroxyl groups is 1. The van der Waals surface area contributed by atoms with E-state index < -0.39 is 5.60 Å². The lowest BCUT2D eigenvalue weighted by molar-refractivity contribution is 0.0142. The van der Waals surface area contributed by atoms with Gasteiger partial charge in [-0.3, -0.25) is 14.3 Å². The summed E-state index contributed by atoms with van der Waals surface area (Å²) >= 11 is 0. The summed E-state index contributed by atoms with van der Waals surface area (Å²) in [6.07, 6.45) is 11.5. The predicted molar refractivity (Wildman–Crippen MR) is 72.7 cm³/mol. The number of hydrogen-bond donors (Lipinski definition) is 1. The fraction of sp³-hybridized carbons (Fsp3) is 0.571. The first kappa shape index (κ1) is 12.6. The van der Waals surface area contributed by atoms with E-state index in [1.54, 1.807) is 12.4 Å². The van der Waals surface area contributed by atoms with Crippen molar-refractivity contribution in [2.75, 3.05) is 13.6 Å². The Hall–Kier alpha value is -1.46. The normalized spacial score (nSPS) is 18.5. The van der Waals surface area contributed by atoms with E-state index in [9.17, 15) is 5.11 Å². The predicted octanol–water partition coefficient (Wildman–Crippen LogP) is 1.47. The minimum Gasteiger partial charge on any atom is -0.389 e. The van der Waals surface area contributed by atoms with E-state index in [1.807, 2.05) is 16.8 Å². The average molecular weight is 260 g/mol. The van der Waals surface area contributed by atoms with Gasteiger partial charge in [0.25, 0.3) is 0 Å². The zero-order valence-corrected chi connectivity index (χ0v) is 11.3. The molecular weight excluding hydrogens is 240 g/mol. The Bertz CT molecular complexity index is 559. The molecule has 0 unspecified atom stereocenters. The van der Waals surface area contributed by atoms with Crippen LogP contribution in [-0.4, -0.2) is 43.6 Å². The topological polar surface area (TPSA) is 53.7 Å². The van der Waals surface area contributed by atoms with Crippen LogP contribution in [0.2, 0.25) is 0 Å². The van der Waals surface area contributed by atoms with Crippen LogP contribution in [0, 0.1) is 0 Å². The summed E-state index contributed by atoms with van der Waals surface area (Å²) in [5, 5.41) is 10.4. The highest BCUT2D eigenvalue weighted by atomic mass is 16.3. The van der Waals surface area contributed by atoms with Gasteiger partial charge >= 0.3 is 0 Å². The Kier molecular flexibility index (Phi) is 3.24. The third kappa shape index (κ3) is 2.62. The molecule has 0 aliphatic heterocycles. The minimum absolute atomic E-state index is 0.489. The van der Waals surface area contributed by atoms with Crippen molar-refractivity contribution in [2.24, 2.45) is 0 Å². The highest BCUT2D eigenvalue weighted by molar-refractivity contribution is 5.36. The van der Waals surface area contributed by atoms with E-state index >= 15 is 0 Å². The lowest BCUT2D eigenvalue weighted by Crippen LogP contribution is -2.38. The van der Waals surface area contributed by atoms with Crippen molar-refractivity contribution in [3.05, 3.63) is 30.5 Å². The summed E-state index contributed by atoms with van der Waals surface area (Å²) < 4.78 is 2.04. The SMILES string of the molecule is CN(Cc1cnc2cnccn12)CC1(O)CCCC1. The first-order valence-electron chi connectivity index (χ1n) is 6.83. The molecule has 102 valence electrons. The number of likely N-dealkylation sites (N-methyl/N-ethyl adjacent to an activating group) is 1. The molecule has 2 heterocycles. The first-order valence-corrected chi connectivity index (χ1v) is 6.83. The molecule has 5 heteroatoms. The lowest BCUT2D eigenvalue weighted by atomic mass is 10.0. The van der Waals surface area contributed by atoms with Crippen molar-refractivity contribution >= 4 is 5.65 Å². The van der Waals surface area contributed by atoms with Crippen molar-refractivity contribution in [2.45, 2.75) is 37.8 Å². The van der Waals surface area contributed by atoms with Crippen LogP contribution in [0.15, 0.2) is 24.8 Å². The first-order chi connectivity index (χ1) is 9.16. The quantitative estimate of drug-likeness (QED) is 0.904. The van der Waals surface area contributed by atoms with Crippen molar-refractivity contribution in [1.82, 2.24) is 19.3 Å². The van der Waals surface area contributed by atoms with Crippen LogP contribution in [0.4, 0.5) is 0 Å². The number of fused-ring (bicyclic) bond motifs is 1. The van der Waals surface area contributed by atoms with Crippen LogP contribution in [0.1, 0.15) is 31.4 Å². The van der Waals surface area contributed by atoms with Gasteiger partial charge < -0.3 is 5.11 Å². The summed E-state index contributed by atoms with van der Waals surface area (Å²) in [5.74, 6) is 0. The van der Waals surface area contributed by atoms with Gasteiger partial charge in [-0.15, -0.1) is 0 Å². The molecule has 0 radical (unpaired) electrons. The number of aromatic nitrogens is 3. The van der Waals surface area contributed by atoms with Gasteiger partial charge in [-0.25, -0.2) is 4.98 Å². The number of rotatable bonds is 4. The maximum atomic E-state index is 10.4. The van der Waals surface area contributed by atoms with Crippen LogP contribution in [0.5, 0.6) is 0 Å². The molecule has 1 aliphatic carbocycles. The van der Waals surface area contributed by atoms with E-state index in [1.165, 1.54) is 0 Å². The van der Waals surface area contributed by atoms with Gasteiger partial charge in [-0.2, -0.15) is 0 Å². The van der Waals surface area contributed by atoms with E-state index in [2.05, 4.69) is 21.9 Å². The molecule has 2 aromatic heterocycles. The zero-order valence-electron chi connectivity index (χ0n) is 11.3. The largest absolute Gasteiger partial charge is 0.389 e. The Balaban J connectivity index is 1.70. The van der Waals surface area contributed by atoms with Crippen molar-refractivity contribution < 1.29 is 5.11 Å². The lowest BCUT2D eigenvalue weighted by Gasteiger charge is -2.28. The summed E-state index contributed by atoms with van der Waals surface area (Å²) in [4.78, 5) is 10.6. The molecule has 1 N–H and O–H groups in total. The Morgan fingerprint density at radius 3 is 2.95 bits per heavy atom. The maximum absolute atomic E-state index is 10.4. The molecule has 1 aliphatic rings. The number of nitrogens with zero attached hydrogens (tertiary/aromatic N) is 4. The fourth-order valence-corrected chi connectivity index (χ4v) is 3.04. The fourth-order valence-electron chi connectivity index (χ4n) is 3.04. The van der Waals surface area contributed by atoms with Gasteiger partial charge in [0.1, 0.15) is 0 Å². The molecule has 0 amide bonds. The van der Waals surface area contributed by atoms with Crippen LogP contribution in [0.25, 0.3) is 5.65 Å². The summed E-state index contributed by atoms with van der Waals surface area (Å²) in [6.45, 7) is 1.51. The molecule has 3 rings (SSSR count). The second-order valence-electron chi connectivity index (χ2n) is 5.66. The van der Waals surface area contributed by atoms with Crippen molar-refractivity contribution in [3.63, 3.8) is 0 Å². The molecule has 5 nitrogen and oxygen atoms in total. The van der Waals surface area contributed by atoms with Crippen molar-refractivity contribution in [3.8, 4) is 0 Å². The summed E-state index contributed by atoms with van der Waals surface area (Å²) in [6, 6.07) is 0. The van der Waals surface area contributed by atoms with Gasteiger partial charge in [-0.05, 0) is 19.9 Å². The molecule has 19 heavy (non-hydrogen) atoms. The zero-order chi connectivity index (χ0) is 13.3. The summed E-state index contributed by atoms with van der Waals surface area (Å²) in [5.41, 5.74) is 1.50. The number of imidazole rings is 1. The van der Waals surface area contributed by atoms with E-state index in [0.717, 1.165) is 50.1 Å². The van der Waals surface area contributed by atoms with Crippen LogP contribution in [0.3, 0.4) is 0 Å². The van der Waals surface area contributed by atoms with Crippen LogP contribution in [-0.2, 0) is 6.54 Å². The van der Waals surface area contributed by atoms with E-state index in [-0.39, 0.29) is 0 Å². The van der Waals surface area contributed by atoms with Crippen LogP contribution >= 0.6 is 0 Å². The van der Waals surface area contributed by atoms with Gasteiger partial charge in [0, 0.05) is 25.5 Å². The van der Waals surface area contributed by atoms with Gasteiger partial charge in [0.05, 0.1) is 23.7 Å². The van der Waals surface area contributed by atoms with Crippen molar-refractivity contribution in [1.29, 1.82) is 0 Å². The molecule has 0 bridgehead atoms. The standard InChI is InChI=1S/C14H20N4O/c1-17(11-14(19)4-2-3-5-14)10-12-8-16-13-9-15-6-7-18(12)13/h6-9,19H,2-5,10-11H2,1H3. The number of hydrogen-bond acceptors (Lipinski definition) is 4. The summed E-state index contributed by atoms with van der Waals surface area (Å²) in [7, 11) is 2.05. The van der Waals surface area contributed by atoms with Gasteiger partial charge in [0.15, 0.2) is 5.65 Å². The molecule has 0 saturated heterocycles. The second-order valence-corrected chi connectivity index (χ2v) is 5.66. The third-order valence-electron chi connectivity index (χ3n) is 3.92. The maximum Gasteiger partial charge on any atom is 0.155 e.